The maximum absolute atomic E-state index is 13.3. The molecule has 0 aliphatic carbocycles. The van der Waals surface area contributed by atoms with Crippen LogP contribution in [0.15, 0.2) is 61.1 Å². The molecule has 0 amide bonds. The third-order valence-electron chi connectivity index (χ3n) is 4.67. The highest BCUT2D eigenvalue weighted by Gasteiger charge is 2.25. The van der Waals surface area contributed by atoms with Crippen molar-refractivity contribution in [3.63, 3.8) is 0 Å². The lowest BCUT2D eigenvalue weighted by atomic mass is 10.2. The van der Waals surface area contributed by atoms with E-state index in [0.717, 1.165) is 5.56 Å². The van der Waals surface area contributed by atoms with Crippen LogP contribution in [0.1, 0.15) is 24.2 Å². The van der Waals surface area contributed by atoms with E-state index in [2.05, 4.69) is 10.1 Å². The first-order valence-corrected chi connectivity index (χ1v) is 10.8. The molecule has 0 spiro atoms. The van der Waals surface area contributed by atoms with E-state index >= 15 is 0 Å². The van der Waals surface area contributed by atoms with E-state index in [1.54, 1.807) is 26.0 Å². The molecule has 4 aromatic rings. The number of hydrogen-bond donors (Lipinski definition) is 0. The lowest BCUT2D eigenvalue weighted by Gasteiger charge is -2.23. The Hall–Kier alpha value is -3.40. The van der Waals surface area contributed by atoms with E-state index in [0.29, 0.717) is 22.9 Å². The molecule has 2 heterocycles. The van der Waals surface area contributed by atoms with Gasteiger partial charge in [-0.25, -0.2) is 13.2 Å². The number of anilines is 1. The Labute approximate surface area is 172 Å². The lowest BCUT2D eigenvalue weighted by Crippen LogP contribution is -2.30. The minimum absolute atomic E-state index is 0.0367. The second kappa shape index (κ2) is 7.45. The molecule has 2 aromatic carbocycles. The summed E-state index contributed by atoms with van der Waals surface area (Å²) in [5, 5.41) is 3.78. The highest BCUT2D eigenvalue weighted by Crippen LogP contribution is 2.26. The Morgan fingerprint density at radius 2 is 1.93 bits per heavy atom. The molecular formula is C20H20N4O5S. The molecule has 0 aliphatic rings. The van der Waals surface area contributed by atoms with Gasteiger partial charge in [0.15, 0.2) is 11.4 Å². The van der Waals surface area contributed by atoms with Gasteiger partial charge in [-0.15, -0.1) is 0 Å². The number of nitrogens with zero attached hydrogens (tertiary/aromatic N) is 4. The summed E-state index contributed by atoms with van der Waals surface area (Å²) in [4.78, 5) is 16.4. The quantitative estimate of drug-likeness (QED) is 0.464. The highest BCUT2D eigenvalue weighted by atomic mass is 32.2. The Kier molecular flexibility index (Phi) is 4.94. The summed E-state index contributed by atoms with van der Waals surface area (Å²) in [5.41, 5.74) is 2.14. The zero-order valence-electron chi connectivity index (χ0n) is 16.7. The minimum atomic E-state index is -3.85. The van der Waals surface area contributed by atoms with Crippen LogP contribution in [0.2, 0.25) is 0 Å². The summed E-state index contributed by atoms with van der Waals surface area (Å²) in [5.74, 6) is 0.0775. The maximum atomic E-state index is 13.3. The van der Waals surface area contributed by atoms with Gasteiger partial charge in [0.05, 0.1) is 22.6 Å². The number of aromatic nitrogens is 3. The van der Waals surface area contributed by atoms with Gasteiger partial charge in [0, 0.05) is 19.5 Å². The number of oxazole rings is 1. The molecule has 0 saturated heterocycles. The maximum Gasteiger partial charge on any atom is 0.420 e. The number of rotatable bonds is 6. The van der Waals surface area contributed by atoms with Crippen LogP contribution in [0.3, 0.4) is 0 Å². The second-order valence-corrected chi connectivity index (χ2v) is 8.68. The summed E-state index contributed by atoms with van der Waals surface area (Å²) in [7, 11) is -3.85. The average molecular weight is 428 g/mol. The van der Waals surface area contributed by atoms with Crippen molar-refractivity contribution in [1.29, 1.82) is 0 Å². The number of sulfonamides is 1. The standard InChI is InChI=1S/C20H20N4O5S/c1-4-24(15-7-5-6-13(2)10-15)30(26,27)16-8-9-17-18(11-16)28-20(25)23(17)12-19-21-14(3)29-22-19/h5-11H,4,12H2,1-3H3. The summed E-state index contributed by atoms with van der Waals surface area (Å²) in [6.07, 6.45) is 0. The molecule has 0 unspecified atom stereocenters. The van der Waals surface area contributed by atoms with Gasteiger partial charge in [-0.2, -0.15) is 4.98 Å². The first-order valence-electron chi connectivity index (χ1n) is 9.31. The van der Waals surface area contributed by atoms with Crippen molar-refractivity contribution in [2.24, 2.45) is 0 Å². The van der Waals surface area contributed by atoms with Crippen molar-refractivity contribution >= 4 is 26.8 Å². The van der Waals surface area contributed by atoms with Gasteiger partial charge < -0.3 is 8.94 Å². The van der Waals surface area contributed by atoms with Crippen LogP contribution in [-0.2, 0) is 16.6 Å². The Bertz CT molecular complexity index is 1380. The van der Waals surface area contributed by atoms with E-state index in [1.807, 2.05) is 25.1 Å². The monoisotopic (exact) mass is 428 g/mol. The fraction of sp³-hybridized carbons (Fsp3) is 0.250. The summed E-state index contributed by atoms with van der Waals surface area (Å²) < 4.78 is 39.4. The van der Waals surface area contributed by atoms with Crippen molar-refractivity contribution in [2.45, 2.75) is 32.2 Å². The van der Waals surface area contributed by atoms with Crippen LogP contribution in [0.4, 0.5) is 5.69 Å². The Morgan fingerprint density at radius 1 is 1.13 bits per heavy atom. The van der Waals surface area contributed by atoms with E-state index in [4.69, 9.17) is 8.94 Å². The minimum Gasteiger partial charge on any atom is -0.408 e. The van der Waals surface area contributed by atoms with Gasteiger partial charge >= 0.3 is 5.76 Å². The molecule has 0 aliphatic heterocycles. The van der Waals surface area contributed by atoms with Crippen molar-refractivity contribution < 1.29 is 17.4 Å². The predicted octanol–water partition coefficient (Wildman–Crippen LogP) is 2.86. The lowest BCUT2D eigenvalue weighted by molar-refractivity contribution is 0.385. The number of hydrogen-bond acceptors (Lipinski definition) is 7. The zero-order valence-corrected chi connectivity index (χ0v) is 17.5. The van der Waals surface area contributed by atoms with E-state index in [9.17, 15) is 13.2 Å². The van der Waals surface area contributed by atoms with Crippen LogP contribution in [0.5, 0.6) is 0 Å². The molecule has 2 aromatic heterocycles. The van der Waals surface area contributed by atoms with Crippen LogP contribution in [0.25, 0.3) is 11.1 Å². The Balaban J connectivity index is 1.75. The van der Waals surface area contributed by atoms with Gasteiger partial charge in [-0.05, 0) is 43.7 Å². The molecule has 0 radical (unpaired) electrons. The molecule has 156 valence electrons. The van der Waals surface area contributed by atoms with Crippen LogP contribution < -0.4 is 10.1 Å². The fourth-order valence-electron chi connectivity index (χ4n) is 3.31. The van der Waals surface area contributed by atoms with Crippen LogP contribution in [-0.4, -0.2) is 29.7 Å². The van der Waals surface area contributed by atoms with Gasteiger partial charge in [0.2, 0.25) is 5.89 Å². The smallest absolute Gasteiger partial charge is 0.408 e. The third-order valence-corrected chi connectivity index (χ3v) is 6.57. The van der Waals surface area contributed by atoms with E-state index < -0.39 is 15.8 Å². The molecular weight excluding hydrogens is 408 g/mol. The second-order valence-electron chi connectivity index (χ2n) is 6.82. The molecule has 0 saturated carbocycles. The van der Waals surface area contributed by atoms with Gasteiger partial charge in [-0.3, -0.25) is 8.87 Å². The number of benzene rings is 2. The average Bonchev–Trinajstić information content (AvgIpc) is 3.24. The van der Waals surface area contributed by atoms with Gasteiger partial charge in [0.25, 0.3) is 10.0 Å². The number of aryl methyl sites for hydroxylation is 2. The van der Waals surface area contributed by atoms with Crippen LogP contribution >= 0.6 is 0 Å². The van der Waals surface area contributed by atoms with E-state index in [1.165, 1.54) is 21.0 Å². The molecule has 4 rings (SSSR count). The first-order chi connectivity index (χ1) is 14.3. The van der Waals surface area contributed by atoms with Crippen molar-refractivity contribution in [2.75, 3.05) is 10.8 Å². The SMILES string of the molecule is CCN(c1cccc(C)c1)S(=O)(=O)c1ccc2c(c1)oc(=O)n2Cc1noc(C)n1. The Morgan fingerprint density at radius 3 is 2.60 bits per heavy atom. The zero-order chi connectivity index (χ0) is 21.5. The molecule has 0 atom stereocenters. The van der Waals surface area contributed by atoms with E-state index in [-0.39, 0.29) is 23.6 Å². The molecule has 30 heavy (non-hydrogen) atoms. The molecule has 9 nitrogen and oxygen atoms in total. The van der Waals surface area contributed by atoms with Gasteiger partial charge in [0.1, 0.15) is 0 Å². The fourth-order valence-corrected chi connectivity index (χ4v) is 4.79. The topological polar surface area (TPSA) is 111 Å². The summed E-state index contributed by atoms with van der Waals surface area (Å²) >= 11 is 0. The first kappa shape index (κ1) is 19.9. The van der Waals surface area contributed by atoms with Crippen molar-refractivity contribution in [3.8, 4) is 0 Å². The summed E-state index contributed by atoms with van der Waals surface area (Å²) in [6, 6.07) is 11.6. The predicted molar refractivity (Wildman–Crippen MR) is 110 cm³/mol. The highest BCUT2D eigenvalue weighted by molar-refractivity contribution is 7.92. The third kappa shape index (κ3) is 3.50. The normalized spacial score (nSPS) is 11.8. The van der Waals surface area contributed by atoms with Crippen molar-refractivity contribution in [1.82, 2.24) is 14.7 Å². The van der Waals surface area contributed by atoms with Crippen molar-refractivity contribution in [3.05, 3.63) is 70.3 Å². The number of fused-ring (bicyclic) bond motifs is 1. The molecule has 0 bridgehead atoms. The molecule has 0 fully saturated rings. The molecule has 10 heteroatoms. The molecule has 0 N–H and O–H groups in total. The summed E-state index contributed by atoms with van der Waals surface area (Å²) in [6.45, 7) is 5.63. The van der Waals surface area contributed by atoms with Crippen LogP contribution in [0, 0.1) is 13.8 Å². The van der Waals surface area contributed by atoms with Gasteiger partial charge in [-0.1, -0.05) is 17.3 Å². The largest absolute Gasteiger partial charge is 0.420 e.